The SMILES string of the molecule is C#CC1(O)CCCCCCC1.C1CCOC1.CCOC(=O)C(F)(F)F.CO.NCCCc1cccc(Br)c1.NCCCc1cccc(C#CC2(O)CCCCCCC2)c1.O=C(NCCCc1cccc(Br)c1)C(F)(F)F.O=C(NCCCc1cccc(C#CC2(O)CCCCCCC2)c1)C(F)(F)F.O=CO[O-].[H-].[K+].[K+]. The summed E-state index contributed by atoms with van der Waals surface area (Å²) in [6.07, 6.45) is 21.4. The van der Waals surface area contributed by atoms with Gasteiger partial charge >= 0.3 is 139 Å². The van der Waals surface area contributed by atoms with Crippen molar-refractivity contribution < 1.29 is 203 Å². The Bertz CT molecular complexity index is 3230. The van der Waals surface area contributed by atoms with Crippen LogP contribution in [-0.2, 0) is 59.2 Å². The van der Waals surface area contributed by atoms with E-state index < -0.39 is 53.1 Å². The van der Waals surface area contributed by atoms with E-state index >= 15 is 0 Å². The molecule has 2 amide bonds. The van der Waals surface area contributed by atoms with Crippen molar-refractivity contribution in [2.75, 3.05) is 53.1 Å². The molecule has 109 heavy (non-hydrogen) atoms. The Morgan fingerprint density at radius 2 is 0.835 bits per heavy atom. The summed E-state index contributed by atoms with van der Waals surface area (Å²) < 4.78 is 116. The molecule has 29 heteroatoms. The number of hydrogen-bond acceptors (Lipinski definition) is 14. The minimum Gasteiger partial charge on any atom is -1.00 e. The molecular weight excluding hydrogens is 1620 g/mol. The number of amides is 2. The van der Waals surface area contributed by atoms with Gasteiger partial charge in [-0.25, -0.2) is 4.79 Å². The Morgan fingerprint density at radius 3 is 1.09 bits per heavy atom. The molecule has 0 spiro atoms. The maximum absolute atomic E-state index is 12.1. The number of rotatable bonds is 16. The predicted molar refractivity (Wildman–Crippen MR) is 404 cm³/mol. The fourth-order valence-corrected chi connectivity index (χ4v) is 11.7. The van der Waals surface area contributed by atoms with Crippen LogP contribution in [0.2, 0.25) is 0 Å². The first-order valence-corrected chi connectivity index (χ1v) is 37.9. The third-order valence-corrected chi connectivity index (χ3v) is 17.4. The molecule has 16 nitrogen and oxygen atoms in total. The third kappa shape index (κ3) is 59.1. The summed E-state index contributed by atoms with van der Waals surface area (Å²) in [5.41, 5.74) is 14.8. The fourth-order valence-electron chi connectivity index (χ4n) is 10.8. The number of ether oxygens (including phenoxy) is 2. The number of nitrogens with two attached hydrogens (primary N) is 2. The zero-order chi connectivity index (χ0) is 80.3. The van der Waals surface area contributed by atoms with Crippen LogP contribution in [-0.4, -0.2) is 133 Å². The van der Waals surface area contributed by atoms with Crippen molar-refractivity contribution in [1.82, 2.24) is 10.6 Å². The summed E-state index contributed by atoms with van der Waals surface area (Å²) in [7, 11) is 1.00. The zero-order valence-corrected chi connectivity index (χ0v) is 73.0. The van der Waals surface area contributed by atoms with E-state index in [2.05, 4.69) is 101 Å². The number of nitrogens with one attached hydrogen (secondary N) is 2. The summed E-state index contributed by atoms with van der Waals surface area (Å²) in [6.45, 7) is 4.35. The van der Waals surface area contributed by atoms with Crippen molar-refractivity contribution in [2.24, 2.45) is 11.5 Å². The molecule has 8 rings (SSSR count). The van der Waals surface area contributed by atoms with Gasteiger partial charge in [0.2, 0.25) is 0 Å². The summed E-state index contributed by atoms with van der Waals surface area (Å²) in [4.78, 5) is 42.2. The number of halogens is 11. The molecule has 0 radical (unpaired) electrons. The van der Waals surface area contributed by atoms with E-state index in [4.69, 9.17) is 37.8 Å². The van der Waals surface area contributed by atoms with Crippen LogP contribution in [0.1, 0.15) is 215 Å². The number of terminal acetylenes is 1. The van der Waals surface area contributed by atoms with Gasteiger partial charge in [-0.2, -0.15) is 39.5 Å². The van der Waals surface area contributed by atoms with Crippen molar-refractivity contribution in [3.8, 4) is 36.0 Å². The number of alkyl halides is 9. The van der Waals surface area contributed by atoms with E-state index in [0.717, 1.165) is 167 Å². The van der Waals surface area contributed by atoms with E-state index in [1.165, 1.54) is 75.8 Å². The van der Waals surface area contributed by atoms with Crippen LogP contribution in [0, 0.1) is 36.0 Å². The molecule has 1 heterocycles. The molecule has 3 saturated carbocycles. The number of carbonyl (C=O) groups is 4. The van der Waals surface area contributed by atoms with Crippen molar-refractivity contribution in [3.63, 3.8) is 0 Å². The van der Waals surface area contributed by atoms with Crippen LogP contribution in [0.5, 0.6) is 0 Å². The second kappa shape index (κ2) is 65.9. The van der Waals surface area contributed by atoms with E-state index in [-0.39, 0.29) is 130 Å². The van der Waals surface area contributed by atoms with Gasteiger partial charge in [-0.15, -0.1) is 6.42 Å². The largest absolute Gasteiger partial charge is 1.00 e. The quantitative estimate of drug-likeness (QED) is 0.00760. The summed E-state index contributed by atoms with van der Waals surface area (Å²) >= 11 is 6.72. The fraction of sp³-hybridized carbons (Fsp3) is 0.575. The average Bonchev–Trinajstić information content (AvgIpc) is 0.894. The molecule has 602 valence electrons. The number of benzene rings is 4. The van der Waals surface area contributed by atoms with E-state index in [9.17, 15) is 69.2 Å². The van der Waals surface area contributed by atoms with E-state index in [0.29, 0.717) is 38.5 Å². The molecule has 4 aromatic rings. The number of esters is 1. The first-order valence-electron chi connectivity index (χ1n) is 36.4. The molecule has 4 aliphatic rings. The number of aryl methyl sites for hydroxylation is 4. The van der Waals surface area contributed by atoms with Crippen LogP contribution in [0.15, 0.2) is 106 Å². The molecular formula is C80H111Br2F9K2N4O12. The first-order chi connectivity index (χ1) is 50.9. The maximum atomic E-state index is 12.1. The molecule has 1 aliphatic heterocycles. The Hall–Kier alpha value is -3.28. The van der Waals surface area contributed by atoms with Crippen molar-refractivity contribution in [1.29, 1.82) is 0 Å². The molecule has 0 atom stereocenters. The number of aliphatic hydroxyl groups excluding tert-OH is 1. The molecule has 3 aliphatic carbocycles. The van der Waals surface area contributed by atoms with Gasteiger partial charge in [0.1, 0.15) is 16.8 Å². The van der Waals surface area contributed by atoms with Gasteiger partial charge in [0.25, 0.3) is 6.47 Å². The summed E-state index contributed by atoms with van der Waals surface area (Å²) in [5, 5.41) is 50.2. The summed E-state index contributed by atoms with van der Waals surface area (Å²) in [5.74, 6) is 9.00. The van der Waals surface area contributed by atoms with E-state index in [1.54, 1.807) is 0 Å². The number of aliphatic hydroxyl groups is 4. The van der Waals surface area contributed by atoms with Gasteiger partial charge in [0, 0.05) is 53.5 Å². The smallest absolute Gasteiger partial charge is 1.00 e. The van der Waals surface area contributed by atoms with E-state index in [1.807, 2.05) is 77.4 Å². The van der Waals surface area contributed by atoms with Gasteiger partial charge in [-0.05, 0) is 232 Å². The van der Waals surface area contributed by atoms with Gasteiger partial charge in [0.15, 0.2) is 0 Å². The minimum atomic E-state index is -4.85. The third-order valence-electron chi connectivity index (χ3n) is 16.4. The molecule has 0 bridgehead atoms. The molecule has 1 saturated heterocycles. The van der Waals surface area contributed by atoms with Crippen LogP contribution in [0.25, 0.3) is 0 Å². The topological polar surface area (TPSA) is 276 Å². The second-order valence-corrected chi connectivity index (χ2v) is 27.3. The molecule has 10 N–H and O–H groups in total. The van der Waals surface area contributed by atoms with Crippen molar-refractivity contribution in [2.45, 2.75) is 241 Å². The Kier molecular flexibility index (Phi) is 66.5. The Balaban J connectivity index is -0.000000612. The van der Waals surface area contributed by atoms with Gasteiger partial charge < -0.3 is 63.6 Å². The summed E-state index contributed by atoms with van der Waals surface area (Å²) in [6, 6.07) is 31.6. The normalized spacial score (nSPS) is 15.3. The molecule has 4 fully saturated rings. The van der Waals surface area contributed by atoms with Crippen LogP contribution < -0.4 is 130 Å². The Morgan fingerprint density at radius 1 is 0.532 bits per heavy atom. The minimum absolute atomic E-state index is 0. The maximum Gasteiger partial charge on any atom is 1.00 e. The molecule has 0 unspecified atom stereocenters. The second-order valence-electron chi connectivity index (χ2n) is 25.4. The standard InChI is InChI=1S/C21H26F3NO2.C19H27NO.C11H11BrF3NO.C10H16O.C9H12BrN.C4H5F3O2.C4H8O.CH2O3.CH4O.2K.H/c22-21(23,24)19(26)25-15-7-10-17-8-6-9-18(16-17)11-14-20(27)12-4-2-1-3-5-13-20;20-15-7-10-17-8-6-9-18(16-17)11-14-19(21)12-4-2-1-3-5-13-19;12-9-5-1-3-8(7-9)4-2-6-16-10(17)11(13,14)15;1-2-10(11)8-6-4-3-5-7-9-10;10-9-5-1-3-8(7-9)4-2-6-11;1-2-9-3(8)4(5,6)7;1-2-4-5-3-1;2-1-4-3;1-2;;;/h6,8-9,16,27H,1-5,7,10,12-13,15H2,(H,25,26);6,8-9,16,21H,1-5,7,10,12-13,15,20H2;1,3,5,7H,2,4,6H2,(H,16,17);1,11H,3-9H2;1,3,5,7H,2,4,6,11H2;2H2,1H3;1-4H2;1,3H;2H,1H3;;;/q;;;;;;;;;2*+1;-1/p-1. The van der Waals surface area contributed by atoms with Gasteiger partial charge in [-0.3, -0.25) is 14.4 Å². The van der Waals surface area contributed by atoms with Gasteiger partial charge in [0.05, 0.1) is 6.61 Å². The molecule has 0 aromatic heterocycles. The molecule has 4 aromatic carbocycles. The average molecular weight is 1730 g/mol. The zero-order valence-electron chi connectivity index (χ0n) is 64.6. The van der Waals surface area contributed by atoms with Crippen LogP contribution in [0.4, 0.5) is 39.5 Å². The van der Waals surface area contributed by atoms with Gasteiger partial charge in [-0.1, -0.05) is 168 Å². The number of hydrogen-bond donors (Lipinski definition) is 8. The van der Waals surface area contributed by atoms with Crippen LogP contribution in [0.3, 0.4) is 0 Å². The van der Waals surface area contributed by atoms with Crippen molar-refractivity contribution >= 4 is 56.1 Å². The predicted octanol–water partition coefficient (Wildman–Crippen LogP) is 9.10. The van der Waals surface area contributed by atoms with Crippen molar-refractivity contribution in [3.05, 3.63) is 139 Å². The Labute approximate surface area is 742 Å². The monoisotopic (exact) mass is 1730 g/mol. The number of carbonyl (C=O) groups excluding carboxylic acids is 4. The first kappa shape index (κ1) is 110. The van der Waals surface area contributed by atoms with Crippen LogP contribution >= 0.6 is 31.9 Å².